The maximum atomic E-state index is 12.8. The first kappa shape index (κ1) is 26.3. The molecule has 1 fully saturated rings. The zero-order chi connectivity index (χ0) is 25.6. The standard InChI is InChI=1S/C26H33ClN4O4/c1-18-17-30(13-14-31(18)25(34)35-26(2,3)4)23(32)15-19-7-11-22(12-8-19)29-24(33)28-16-20-5-9-21(27)10-6-20/h5-12,18H,13-17H2,1-4H3,(H2,28,29,33)/t18-/m1/s1. The largest absolute Gasteiger partial charge is 0.444 e. The van der Waals surface area contributed by atoms with Crippen LogP contribution >= 0.6 is 11.6 Å². The fraction of sp³-hybridized carbons (Fsp3) is 0.423. The van der Waals surface area contributed by atoms with Crippen LogP contribution in [-0.2, 0) is 22.5 Å². The van der Waals surface area contributed by atoms with Gasteiger partial charge in [0.25, 0.3) is 0 Å². The van der Waals surface area contributed by atoms with E-state index in [1.165, 1.54) is 0 Å². The summed E-state index contributed by atoms with van der Waals surface area (Å²) in [6.45, 7) is 9.19. The van der Waals surface area contributed by atoms with Gasteiger partial charge in [-0.1, -0.05) is 35.9 Å². The molecule has 0 radical (unpaired) electrons. The van der Waals surface area contributed by atoms with E-state index in [4.69, 9.17) is 16.3 Å². The van der Waals surface area contributed by atoms with Gasteiger partial charge in [-0.25, -0.2) is 9.59 Å². The molecule has 0 bridgehead atoms. The van der Waals surface area contributed by atoms with Crippen molar-refractivity contribution >= 4 is 35.3 Å². The minimum Gasteiger partial charge on any atom is -0.444 e. The maximum absolute atomic E-state index is 12.8. The molecule has 0 aliphatic carbocycles. The lowest BCUT2D eigenvalue weighted by molar-refractivity contribution is -0.133. The molecule has 0 spiro atoms. The number of nitrogens with one attached hydrogen (secondary N) is 2. The number of rotatable bonds is 5. The van der Waals surface area contributed by atoms with Gasteiger partial charge in [0.15, 0.2) is 0 Å². The molecule has 2 aromatic rings. The third-order valence-electron chi connectivity index (χ3n) is 5.54. The third kappa shape index (κ3) is 8.17. The molecule has 1 heterocycles. The van der Waals surface area contributed by atoms with Gasteiger partial charge in [0, 0.05) is 42.9 Å². The van der Waals surface area contributed by atoms with Crippen LogP contribution in [-0.4, -0.2) is 59.1 Å². The molecule has 188 valence electrons. The van der Waals surface area contributed by atoms with Crippen molar-refractivity contribution in [1.82, 2.24) is 15.1 Å². The summed E-state index contributed by atoms with van der Waals surface area (Å²) in [6, 6.07) is 14.0. The van der Waals surface area contributed by atoms with Crippen molar-refractivity contribution in [2.75, 3.05) is 25.0 Å². The second-order valence-electron chi connectivity index (χ2n) is 9.67. The molecule has 8 nitrogen and oxygen atoms in total. The van der Waals surface area contributed by atoms with Crippen LogP contribution in [0.1, 0.15) is 38.8 Å². The number of nitrogens with zero attached hydrogens (tertiary/aromatic N) is 2. The van der Waals surface area contributed by atoms with Gasteiger partial charge < -0.3 is 25.2 Å². The van der Waals surface area contributed by atoms with Crippen molar-refractivity contribution < 1.29 is 19.1 Å². The van der Waals surface area contributed by atoms with E-state index in [1.54, 1.807) is 34.1 Å². The Morgan fingerprint density at radius 3 is 2.23 bits per heavy atom. The number of carbonyl (C=O) groups is 3. The van der Waals surface area contributed by atoms with Crippen LogP contribution in [0.2, 0.25) is 5.02 Å². The number of piperazine rings is 1. The lowest BCUT2D eigenvalue weighted by Gasteiger charge is -2.40. The fourth-order valence-corrected chi connectivity index (χ4v) is 3.85. The molecule has 4 amide bonds. The van der Waals surface area contributed by atoms with Crippen molar-refractivity contribution in [1.29, 1.82) is 0 Å². The Kier molecular flexibility index (Phi) is 8.62. The second-order valence-corrected chi connectivity index (χ2v) is 10.1. The molecule has 2 aromatic carbocycles. The Balaban J connectivity index is 1.45. The van der Waals surface area contributed by atoms with E-state index in [2.05, 4.69) is 10.6 Å². The number of benzene rings is 2. The fourth-order valence-electron chi connectivity index (χ4n) is 3.73. The van der Waals surface area contributed by atoms with E-state index in [1.807, 2.05) is 52.0 Å². The molecule has 0 aromatic heterocycles. The van der Waals surface area contributed by atoms with Crippen LogP contribution in [0.25, 0.3) is 0 Å². The highest BCUT2D eigenvalue weighted by molar-refractivity contribution is 6.30. The number of hydrogen-bond acceptors (Lipinski definition) is 4. The summed E-state index contributed by atoms with van der Waals surface area (Å²) >= 11 is 5.87. The van der Waals surface area contributed by atoms with Gasteiger partial charge in [-0.2, -0.15) is 0 Å². The summed E-state index contributed by atoms with van der Waals surface area (Å²) in [6.07, 6.45) is -0.0975. The van der Waals surface area contributed by atoms with Gasteiger partial charge in [-0.05, 0) is 63.1 Å². The second kappa shape index (κ2) is 11.4. The Labute approximate surface area is 211 Å². The van der Waals surface area contributed by atoms with Crippen molar-refractivity contribution in [3.05, 3.63) is 64.7 Å². The van der Waals surface area contributed by atoms with Crippen molar-refractivity contribution in [3.8, 4) is 0 Å². The van der Waals surface area contributed by atoms with Gasteiger partial charge in [-0.15, -0.1) is 0 Å². The molecule has 1 aliphatic rings. The first-order valence-corrected chi connectivity index (χ1v) is 12.0. The average Bonchev–Trinajstić information content (AvgIpc) is 2.78. The first-order valence-electron chi connectivity index (χ1n) is 11.7. The van der Waals surface area contributed by atoms with Gasteiger partial charge in [-0.3, -0.25) is 4.79 Å². The molecule has 1 atom stereocenters. The zero-order valence-corrected chi connectivity index (χ0v) is 21.4. The summed E-state index contributed by atoms with van der Waals surface area (Å²) in [5.41, 5.74) is 1.88. The van der Waals surface area contributed by atoms with Gasteiger partial charge in [0.05, 0.1) is 6.42 Å². The molecular weight excluding hydrogens is 468 g/mol. The Morgan fingerprint density at radius 2 is 1.63 bits per heavy atom. The maximum Gasteiger partial charge on any atom is 0.410 e. The van der Waals surface area contributed by atoms with E-state index in [0.29, 0.717) is 36.9 Å². The van der Waals surface area contributed by atoms with Gasteiger partial charge >= 0.3 is 12.1 Å². The number of amides is 4. The molecule has 3 rings (SSSR count). The molecule has 2 N–H and O–H groups in total. The summed E-state index contributed by atoms with van der Waals surface area (Å²) in [7, 11) is 0. The Bertz CT molecular complexity index is 1030. The van der Waals surface area contributed by atoms with Crippen molar-refractivity contribution in [2.24, 2.45) is 0 Å². The average molecular weight is 501 g/mol. The zero-order valence-electron chi connectivity index (χ0n) is 20.6. The SMILES string of the molecule is C[C@@H]1CN(C(=O)Cc2ccc(NC(=O)NCc3ccc(Cl)cc3)cc2)CCN1C(=O)OC(C)(C)C. The smallest absolute Gasteiger partial charge is 0.410 e. The number of urea groups is 1. The van der Waals surface area contributed by atoms with Crippen LogP contribution in [0, 0.1) is 0 Å². The van der Waals surface area contributed by atoms with Crippen LogP contribution in [0.5, 0.6) is 0 Å². The number of halogens is 1. The predicted octanol–water partition coefficient (Wildman–Crippen LogP) is 4.67. The summed E-state index contributed by atoms with van der Waals surface area (Å²) in [5.74, 6) is 0.00195. The Hall–Kier alpha value is -3.26. The molecule has 1 aliphatic heterocycles. The van der Waals surface area contributed by atoms with E-state index >= 15 is 0 Å². The molecule has 35 heavy (non-hydrogen) atoms. The molecular formula is C26H33ClN4O4. The van der Waals surface area contributed by atoms with Crippen LogP contribution in [0.15, 0.2) is 48.5 Å². The minimum atomic E-state index is -0.553. The first-order chi connectivity index (χ1) is 16.5. The highest BCUT2D eigenvalue weighted by Gasteiger charge is 2.32. The monoisotopic (exact) mass is 500 g/mol. The highest BCUT2D eigenvalue weighted by Crippen LogP contribution is 2.17. The molecule has 1 saturated heterocycles. The predicted molar refractivity (Wildman–Crippen MR) is 136 cm³/mol. The number of hydrogen-bond donors (Lipinski definition) is 2. The van der Waals surface area contributed by atoms with Crippen LogP contribution < -0.4 is 10.6 Å². The normalized spacial score (nSPS) is 16.0. The quantitative estimate of drug-likeness (QED) is 0.624. The number of carbonyl (C=O) groups excluding carboxylic acids is 3. The minimum absolute atomic E-state index is 0.00195. The third-order valence-corrected chi connectivity index (χ3v) is 5.79. The summed E-state index contributed by atoms with van der Waals surface area (Å²) in [4.78, 5) is 40.8. The van der Waals surface area contributed by atoms with E-state index < -0.39 is 5.60 Å². The lowest BCUT2D eigenvalue weighted by Crippen LogP contribution is -2.56. The van der Waals surface area contributed by atoms with Crippen molar-refractivity contribution in [2.45, 2.75) is 52.3 Å². The van der Waals surface area contributed by atoms with E-state index in [-0.39, 0.29) is 30.5 Å². The molecule has 0 unspecified atom stereocenters. The topological polar surface area (TPSA) is 91.0 Å². The van der Waals surface area contributed by atoms with E-state index in [9.17, 15) is 14.4 Å². The lowest BCUT2D eigenvalue weighted by atomic mass is 10.1. The highest BCUT2D eigenvalue weighted by atomic mass is 35.5. The van der Waals surface area contributed by atoms with Crippen LogP contribution in [0.4, 0.5) is 15.3 Å². The van der Waals surface area contributed by atoms with Crippen molar-refractivity contribution in [3.63, 3.8) is 0 Å². The van der Waals surface area contributed by atoms with E-state index in [0.717, 1.165) is 11.1 Å². The summed E-state index contributed by atoms with van der Waals surface area (Å²) < 4.78 is 5.46. The summed E-state index contributed by atoms with van der Waals surface area (Å²) in [5, 5.41) is 6.23. The van der Waals surface area contributed by atoms with Gasteiger partial charge in [0.2, 0.25) is 5.91 Å². The molecule has 9 heteroatoms. The number of anilines is 1. The van der Waals surface area contributed by atoms with Gasteiger partial charge in [0.1, 0.15) is 5.60 Å². The Morgan fingerprint density at radius 1 is 1.00 bits per heavy atom. The number of ether oxygens (including phenoxy) is 1. The molecule has 0 saturated carbocycles. The van der Waals surface area contributed by atoms with Crippen LogP contribution in [0.3, 0.4) is 0 Å².